The molecule has 0 spiro atoms. The van der Waals surface area contributed by atoms with Crippen molar-refractivity contribution < 1.29 is 20.1 Å². The molecule has 112 valence electrons. The highest BCUT2D eigenvalue weighted by Gasteiger charge is 2.38. The molecule has 9 nitrogen and oxygen atoms in total. The molecular formula is C10H16N4O5S. The second-order valence-corrected chi connectivity index (χ2v) is 5.08. The number of hydrogen-bond donors (Lipinski definition) is 6. The minimum atomic E-state index is -1.40. The predicted octanol–water partition coefficient (Wildman–Crippen LogP) is -2.08. The monoisotopic (exact) mass is 304 g/mol. The summed E-state index contributed by atoms with van der Waals surface area (Å²) < 4.78 is 5.13. The molecule has 0 radical (unpaired) electrons. The highest BCUT2D eigenvalue weighted by Crippen LogP contribution is 2.20. The van der Waals surface area contributed by atoms with Crippen LogP contribution in [0.25, 0.3) is 0 Å². The Bertz CT molecular complexity index is 539. The molecule has 1 aliphatic rings. The Balaban J connectivity index is 2.20. The fourth-order valence-corrected chi connectivity index (χ4v) is 2.17. The van der Waals surface area contributed by atoms with E-state index in [-0.39, 0.29) is 18.1 Å². The Morgan fingerprint density at radius 1 is 1.45 bits per heavy atom. The zero-order valence-corrected chi connectivity index (χ0v) is 11.4. The zero-order valence-electron chi connectivity index (χ0n) is 10.6. The molecule has 2 rings (SSSR count). The third kappa shape index (κ3) is 2.88. The summed E-state index contributed by atoms with van der Waals surface area (Å²) in [5.74, 6) is -0.0467. The predicted molar refractivity (Wildman–Crippen MR) is 72.4 cm³/mol. The lowest BCUT2D eigenvalue weighted by Gasteiger charge is -2.35. The van der Waals surface area contributed by atoms with Crippen LogP contribution < -0.4 is 16.6 Å². The number of rotatable bonds is 3. The van der Waals surface area contributed by atoms with Gasteiger partial charge in [-0.25, -0.2) is 4.98 Å². The number of nitrogens with two attached hydrogens (primary N) is 1. The Kier molecular flexibility index (Phi) is 4.50. The highest BCUT2D eigenvalue weighted by atomic mass is 32.2. The van der Waals surface area contributed by atoms with Gasteiger partial charge >= 0.3 is 0 Å². The summed E-state index contributed by atoms with van der Waals surface area (Å²) in [7, 11) is 0. The quantitative estimate of drug-likeness (QED) is 0.273. The lowest BCUT2D eigenvalue weighted by Crippen LogP contribution is -2.55. The SMILES string of the molecule is CSc1nc(N)c(NC2OC[C@@H](O)[C@H](O)[C@H]2O)c(=O)[nH]1. The van der Waals surface area contributed by atoms with Gasteiger partial charge in [0, 0.05) is 0 Å². The number of aliphatic hydroxyl groups is 3. The Morgan fingerprint density at radius 2 is 2.15 bits per heavy atom. The summed E-state index contributed by atoms with van der Waals surface area (Å²) in [6, 6.07) is 0. The first-order valence-electron chi connectivity index (χ1n) is 5.80. The van der Waals surface area contributed by atoms with Gasteiger partial charge in [-0.05, 0) is 6.26 Å². The topological polar surface area (TPSA) is 154 Å². The number of nitrogen functional groups attached to an aromatic ring is 1. The molecule has 0 aromatic carbocycles. The molecule has 20 heavy (non-hydrogen) atoms. The van der Waals surface area contributed by atoms with Crippen molar-refractivity contribution in [3.05, 3.63) is 10.4 Å². The van der Waals surface area contributed by atoms with Crippen LogP contribution in [0.5, 0.6) is 0 Å². The lowest BCUT2D eigenvalue weighted by atomic mass is 10.0. The molecule has 1 fully saturated rings. The van der Waals surface area contributed by atoms with E-state index in [0.717, 1.165) is 0 Å². The fraction of sp³-hybridized carbons (Fsp3) is 0.600. The van der Waals surface area contributed by atoms with Crippen molar-refractivity contribution in [3.8, 4) is 0 Å². The highest BCUT2D eigenvalue weighted by molar-refractivity contribution is 7.98. The number of anilines is 2. The van der Waals surface area contributed by atoms with E-state index >= 15 is 0 Å². The van der Waals surface area contributed by atoms with Crippen molar-refractivity contribution in [2.75, 3.05) is 23.9 Å². The van der Waals surface area contributed by atoms with Crippen LogP contribution >= 0.6 is 11.8 Å². The molecule has 10 heteroatoms. The summed E-state index contributed by atoms with van der Waals surface area (Å²) in [4.78, 5) is 18.3. The van der Waals surface area contributed by atoms with Crippen LogP contribution in [-0.4, -0.2) is 62.7 Å². The third-order valence-electron chi connectivity index (χ3n) is 2.91. The standard InChI is InChI=1S/C10H16N4O5S/c1-20-10-13-7(11)4(8(18)14-10)12-9-6(17)5(16)3(15)2-19-9/h3,5-6,9,12,15-17H,2H2,1H3,(H3,11,13,14,18)/t3-,5+,6-,9?/m1/s1. The fourth-order valence-electron chi connectivity index (χ4n) is 1.78. The van der Waals surface area contributed by atoms with Crippen molar-refractivity contribution in [3.63, 3.8) is 0 Å². The maximum Gasteiger partial charge on any atom is 0.277 e. The smallest absolute Gasteiger partial charge is 0.277 e. The Labute approximate surface area is 118 Å². The van der Waals surface area contributed by atoms with E-state index < -0.39 is 30.1 Å². The first-order valence-corrected chi connectivity index (χ1v) is 7.02. The van der Waals surface area contributed by atoms with Crippen molar-refractivity contribution in [2.45, 2.75) is 29.7 Å². The molecule has 0 bridgehead atoms. The Morgan fingerprint density at radius 3 is 2.75 bits per heavy atom. The van der Waals surface area contributed by atoms with Crippen LogP contribution in [0.2, 0.25) is 0 Å². The van der Waals surface area contributed by atoms with E-state index in [2.05, 4.69) is 15.3 Å². The van der Waals surface area contributed by atoms with E-state index in [4.69, 9.17) is 10.5 Å². The number of aliphatic hydroxyl groups excluding tert-OH is 3. The van der Waals surface area contributed by atoms with Gasteiger partial charge in [-0.2, -0.15) is 0 Å². The second-order valence-electron chi connectivity index (χ2n) is 4.28. The van der Waals surface area contributed by atoms with Gasteiger partial charge in [0.1, 0.15) is 24.0 Å². The number of aromatic nitrogens is 2. The molecule has 7 N–H and O–H groups in total. The van der Waals surface area contributed by atoms with Gasteiger partial charge in [-0.3, -0.25) is 9.78 Å². The maximum absolute atomic E-state index is 11.8. The van der Waals surface area contributed by atoms with Crippen molar-refractivity contribution in [2.24, 2.45) is 0 Å². The number of ether oxygens (including phenoxy) is 1. The molecule has 1 aromatic rings. The number of thioether (sulfide) groups is 1. The first kappa shape index (κ1) is 15.1. The Hall–Kier alpha value is -1.33. The average molecular weight is 304 g/mol. The molecule has 2 heterocycles. The minimum absolute atomic E-state index is 0.0467. The molecule has 0 aliphatic carbocycles. The van der Waals surface area contributed by atoms with Crippen molar-refractivity contribution in [1.82, 2.24) is 9.97 Å². The van der Waals surface area contributed by atoms with Gasteiger partial charge in [0.15, 0.2) is 17.2 Å². The average Bonchev–Trinajstić information content (AvgIpc) is 2.42. The van der Waals surface area contributed by atoms with Gasteiger partial charge in [0.2, 0.25) is 0 Å². The van der Waals surface area contributed by atoms with E-state index in [1.165, 1.54) is 11.8 Å². The second kappa shape index (κ2) is 5.97. The molecular weight excluding hydrogens is 288 g/mol. The maximum atomic E-state index is 11.8. The van der Waals surface area contributed by atoms with E-state index in [0.29, 0.717) is 5.16 Å². The summed E-state index contributed by atoms with van der Waals surface area (Å²) in [6.45, 7) is -0.177. The van der Waals surface area contributed by atoms with Gasteiger partial charge in [-0.1, -0.05) is 11.8 Å². The summed E-state index contributed by atoms with van der Waals surface area (Å²) in [5, 5.41) is 31.6. The van der Waals surface area contributed by atoms with E-state index in [1.807, 2.05) is 0 Å². The molecule has 1 aromatic heterocycles. The molecule has 0 saturated carbocycles. The lowest BCUT2D eigenvalue weighted by molar-refractivity contribution is -0.178. The zero-order chi connectivity index (χ0) is 14.9. The van der Waals surface area contributed by atoms with Crippen molar-refractivity contribution >= 4 is 23.3 Å². The summed E-state index contributed by atoms with van der Waals surface area (Å²) in [5.41, 5.74) is 5.09. The van der Waals surface area contributed by atoms with Crippen LogP contribution in [0.4, 0.5) is 11.5 Å². The number of H-pyrrole nitrogens is 1. The normalized spacial score (nSPS) is 30.2. The van der Waals surface area contributed by atoms with Crippen LogP contribution in [0, 0.1) is 0 Å². The van der Waals surface area contributed by atoms with Gasteiger partial charge in [0.05, 0.1) is 6.61 Å². The van der Waals surface area contributed by atoms with Gasteiger partial charge < -0.3 is 31.1 Å². The summed E-state index contributed by atoms with van der Waals surface area (Å²) in [6.07, 6.45) is -3.30. The largest absolute Gasteiger partial charge is 0.388 e. The third-order valence-corrected chi connectivity index (χ3v) is 3.49. The van der Waals surface area contributed by atoms with Gasteiger partial charge in [-0.15, -0.1) is 0 Å². The van der Waals surface area contributed by atoms with Crippen LogP contribution in [0.1, 0.15) is 0 Å². The molecule has 1 saturated heterocycles. The van der Waals surface area contributed by atoms with E-state index in [9.17, 15) is 20.1 Å². The molecule has 4 atom stereocenters. The van der Waals surface area contributed by atoms with Gasteiger partial charge in [0.25, 0.3) is 5.56 Å². The number of nitrogens with zero attached hydrogens (tertiary/aromatic N) is 1. The number of hydrogen-bond acceptors (Lipinski definition) is 9. The molecule has 1 unspecified atom stereocenters. The van der Waals surface area contributed by atoms with E-state index in [1.54, 1.807) is 6.26 Å². The van der Waals surface area contributed by atoms with Crippen LogP contribution in [-0.2, 0) is 4.74 Å². The van der Waals surface area contributed by atoms with Crippen molar-refractivity contribution in [1.29, 1.82) is 0 Å². The number of aromatic amines is 1. The van der Waals surface area contributed by atoms with Crippen LogP contribution in [0.15, 0.2) is 9.95 Å². The minimum Gasteiger partial charge on any atom is -0.388 e. The molecule has 1 aliphatic heterocycles. The first-order chi connectivity index (χ1) is 9.43. The summed E-state index contributed by atoms with van der Waals surface area (Å²) >= 11 is 1.22. The molecule has 0 amide bonds. The van der Waals surface area contributed by atoms with Crippen LogP contribution in [0.3, 0.4) is 0 Å². The number of nitrogens with one attached hydrogen (secondary N) is 2.